The van der Waals surface area contributed by atoms with Gasteiger partial charge in [-0.1, -0.05) is 127 Å². The van der Waals surface area contributed by atoms with Gasteiger partial charge in [-0.25, -0.2) is 0 Å². The molecule has 35 heavy (non-hydrogen) atoms. The van der Waals surface area contributed by atoms with Crippen LogP contribution in [-0.4, -0.2) is 12.1 Å². The molecule has 1 heterocycles. The van der Waals surface area contributed by atoms with Gasteiger partial charge in [0, 0.05) is 11.3 Å². The summed E-state index contributed by atoms with van der Waals surface area (Å²) in [6.07, 6.45) is 12.5. The van der Waals surface area contributed by atoms with Crippen molar-refractivity contribution in [1.29, 1.82) is 0 Å². The topological polar surface area (TPSA) is 50.1 Å². The van der Waals surface area contributed by atoms with E-state index in [0.717, 1.165) is 39.3 Å². The Kier molecular flexibility index (Phi) is 7.69. The molecule has 3 aromatic carbocycles. The van der Waals surface area contributed by atoms with Crippen LogP contribution >= 0.6 is 0 Å². The molecule has 2 atom stereocenters. The number of nitrogens with one attached hydrogen (secondary N) is 2. The molecule has 0 radical (unpaired) electrons. The molecule has 0 aromatic heterocycles. The SMILES string of the molecule is C=C(C)/C=C\c1ccc(C2=C(c3ccccc3)NC3C=CC=CC3N2)cc1N.Cc1ccccc1. The Bertz CT molecular complexity index is 1280. The van der Waals surface area contributed by atoms with Crippen molar-refractivity contribution in [3.63, 3.8) is 0 Å². The molecule has 0 saturated heterocycles. The largest absolute Gasteiger partial charge is 0.398 e. The number of hydrogen-bond donors (Lipinski definition) is 3. The number of aryl methyl sites for hydroxylation is 1. The molecule has 1 aliphatic heterocycles. The first kappa shape index (κ1) is 23.9. The first-order valence-electron chi connectivity index (χ1n) is 11.9. The molecule has 2 aliphatic rings. The Labute approximate surface area is 209 Å². The molecule has 5 rings (SSSR count). The standard InChI is InChI=1S/C25H25N3.C7H8/c1-17(2)12-13-18-14-15-20(16-21(18)26)25-24(19-8-4-3-5-9-19)27-22-10-6-7-11-23(22)28-25;1-7-5-3-2-4-6-7/h3-16,22-23,27-28H,1,26H2,2H3;2-6H,1H3/b13-12-;. The summed E-state index contributed by atoms with van der Waals surface area (Å²) in [6.45, 7) is 7.96. The molecule has 4 N–H and O–H groups in total. The van der Waals surface area contributed by atoms with E-state index in [0.29, 0.717) is 0 Å². The Morgan fingerprint density at radius 2 is 1.37 bits per heavy atom. The molecule has 0 fully saturated rings. The van der Waals surface area contributed by atoms with E-state index in [1.54, 1.807) is 0 Å². The second-order valence-electron chi connectivity index (χ2n) is 8.90. The zero-order valence-corrected chi connectivity index (χ0v) is 20.4. The van der Waals surface area contributed by atoms with E-state index in [9.17, 15) is 0 Å². The van der Waals surface area contributed by atoms with Crippen molar-refractivity contribution in [2.45, 2.75) is 25.9 Å². The van der Waals surface area contributed by atoms with Gasteiger partial charge in [0.2, 0.25) is 0 Å². The van der Waals surface area contributed by atoms with Gasteiger partial charge in [-0.3, -0.25) is 0 Å². The van der Waals surface area contributed by atoms with E-state index in [-0.39, 0.29) is 12.1 Å². The molecule has 0 spiro atoms. The minimum Gasteiger partial charge on any atom is -0.398 e. The molecule has 0 bridgehead atoms. The van der Waals surface area contributed by atoms with Crippen molar-refractivity contribution in [2.24, 2.45) is 0 Å². The van der Waals surface area contributed by atoms with Gasteiger partial charge in [0.25, 0.3) is 0 Å². The van der Waals surface area contributed by atoms with Crippen LogP contribution in [0.5, 0.6) is 0 Å². The predicted octanol–water partition coefficient (Wildman–Crippen LogP) is 6.73. The van der Waals surface area contributed by atoms with E-state index in [4.69, 9.17) is 5.73 Å². The number of allylic oxidation sites excluding steroid dienone is 4. The van der Waals surface area contributed by atoms with Gasteiger partial charge in [-0.2, -0.15) is 0 Å². The second-order valence-corrected chi connectivity index (χ2v) is 8.90. The first-order chi connectivity index (χ1) is 17.0. The fourth-order valence-corrected chi connectivity index (χ4v) is 4.07. The quantitative estimate of drug-likeness (QED) is 0.299. The maximum atomic E-state index is 6.35. The molecular formula is C32H33N3. The lowest BCUT2D eigenvalue weighted by molar-refractivity contribution is 0.555. The van der Waals surface area contributed by atoms with Crippen molar-refractivity contribution < 1.29 is 0 Å². The van der Waals surface area contributed by atoms with Crippen LogP contribution in [0.15, 0.2) is 121 Å². The van der Waals surface area contributed by atoms with Crippen LogP contribution in [0, 0.1) is 6.92 Å². The minimum absolute atomic E-state index is 0.205. The monoisotopic (exact) mass is 459 g/mol. The summed E-state index contributed by atoms with van der Waals surface area (Å²) in [5.41, 5.74) is 14.8. The van der Waals surface area contributed by atoms with E-state index >= 15 is 0 Å². The Morgan fingerprint density at radius 3 is 1.89 bits per heavy atom. The number of anilines is 1. The highest BCUT2D eigenvalue weighted by molar-refractivity contribution is 5.91. The van der Waals surface area contributed by atoms with Crippen LogP contribution in [-0.2, 0) is 0 Å². The number of hydrogen-bond acceptors (Lipinski definition) is 3. The predicted molar refractivity (Wildman–Crippen MR) is 151 cm³/mol. The summed E-state index contributed by atoms with van der Waals surface area (Å²) in [7, 11) is 0. The van der Waals surface area contributed by atoms with Crippen molar-refractivity contribution in [2.75, 3.05) is 5.73 Å². The molecular weight excluding hydrogens is 426 g/mol. The number of nitrogen functional groups attached to an aromatic ring is 1. The lowest BCUT2D eigenvalue weighted by Gasteiger charge is -2.36. The highest BCUT2D eigenvalue weighted by atomic mass is 15.1. The summed E-state index contributed by atoms with van der Waals surface area (Å²) in [6, 6.07) is 27.3. The normalized spacial score (nSPS) is 18.2. The fraction of sp³-hybridized carbons (Fsp3) is 0.125. The molecule has 3 nitrogen and oxygen atoms in total. The molecule has 3 aromatic rings. The second kappa shape index (κ2) is 11.3. The van der Waals surface area contributed by atoms with E-state index in [2.05, 4.69) is 97.0 Å². The smallest absolute Gasteiger partial charge is 0.0686 e. The molecule has 0 saturated carbocycles. The highest BCUT2D eigenvalue weighted by Gasteiger charge is 2.28. The van der Waals surface area contributed by atoms with Crippen LogP contribution in [0.25, 0.3) is 17.5 Å². The van der Waals surface area contributed by atoms with Crippen LogP contribution in [0.2, 0.25) is 0 Å². The summed E-state index contributed by atoms with van der Waals surface area (Å²) in [5.74, 6) is 0. The molecule has 1 aliphatic carbocycles. The third-order valence-electron chi connectivity index (χ3n) is 5.93. The third-order valence-corrected chi connectivity index (χ3v) is 5.93. The average molecular weight is 460 g/mol. The number of rotatable bonds is 4. The van der Waals surface area contributed by atoms with Gasteiger partial charge in [0.15, 0.2) is 0 Å². The Morgan fingerprint density at radius 1 is 0.800 bits per heavy atom. The molecule has 3 heteroatoms. The maximum Gasteiger partial charge on any atom is 0.0686 e. The zero-order valence-electron chi connectivity index (χ0n) is 20.4. The molecule has 176 valence electrons. The first-order valence-corrected chi connectivity index (χ1v) is 11.9. The zero-order chi connectivity index (χ0) is 24.6. The summed E-state index contributed by atoms with van der Waals surface area (Å²) in [5, 5.41) is 7.42. The van der Waals surface area contributed by atoms with E-state index in [1.807, 2.05) is 49.4 Å². The van der Waals surface area contributed by atoms with E-state index < -0.39 is 0 Å². The molecule has 0 amide bonds. The van der Waals surface area contributed by atoms with Crippen LogP contribution in [0.4, 0.5) is 5.69 Å². The van der Waals surface area contributed by atoms with Crippen molar-refractivity contribution in [3.8, 4) is 0 Å². The Balaban J connectivity index is 0.000000356. The third kappa shape index (κ3) is 6.21. The minimum atomic E-state index is 0.205. The number of nitrogens with two attached hydrogens (primary N) is 1. The molecule has 2 unspecified atom stereocenters. The van der Waals surface area contributed by atoms with Crippen molar-refractivity contribution in [1.82, 2.24) is 10.6 Å². The number of benzene rings is 3. The average Bonchev–Trinajstić information content (AvgIpc) is 2.88. The highest BCUT2D eigenvalue weighted by Crippen LogP contribution is 2.30. The van der Waals surface area contributed by atoms with Crippen LogP contribution < -0.4 is 16.4 Å². The van der Waals surface area contributed by atoms with Crippen LogP contribution in [0.1, 0.15) is 29.2 Å². The van der Waals surface area contributed by atoms with Crippen molar-refractivity contribution in [3.05, 3.63) is 144 Å². The van der Waals surface area contributed by atoms with Gasteiger partial charge >= 0.3 is 0 Å². The fourth-order valence-electron chi connectivity index (χ4n) is 4.07. The van der Waals surface area contributed by atoms with Gasteiger partial charge in [-0.05, 0) is 31.0 Å². The van der Waals surface area contributed by atoms with Gasteiger partial charge < -0.3 is 16.4 Å². The Hall–Kier alpha value is -4.24. The summed E-state index contributed by atoms with van der Waals surface area (Å²) in [4.78, 5) is 0. The lowest BCUT2D eigenvalue weighted by Crippen LogP contribution is -2.50. The van der Waals surface area contributed by atoms with Crippen LogP contribution in [0.3, 0.4) is 0 Å². The maximum absolute atomic E-state index is 6.35. The lowest BCUT2D eigenvalue weighted by atomic mass is 9.94. The van der Waals surface area contributed by atoms with Gasteiger partial charge in [0.1, 0.15) is 0 Å². The number of fused-ring (bicyclic) bond motifs is 1. The summed E-state index contributed by atoms with van der Waals surface area (Å²) >= 11 is 0. The summed E-state index contributed by atoms with van der Waals surface area (Å²) < 4.78 is 0. The van der Waals surface area contributed by atoms with Gasteiger partial charge in [-0.15, -0.1) is 0 Å². The van der Waals surface area contributed by atoms with Gasteiger partial charge in [0.05, 0.1) is 23.5 Å². The van der Waals surface area contributed by atoms with Crippen molar-refractivity contribution >= 4 is 23.2 Å². The van der Waals surface area contributed by atoms with E-state index in [1.165, 1.54) is 5.56 Å².